The Bertz CT molecular complexity index is 790. The molecule has 1 amide bonds. The predicted molar refractivity (Wildman–Crippen MR) is 79.6 cm³/mol. The van der Waals surface area contributed by atoms with Crippen LogP contribution >= 0.6 is 0 Å². The Kier molecular flexibility index (Phi) is 3.57. The second-order valence-corrected chi connectivity index (χ2v) is 4.59. The smallest absolute Gasteiger partial charge is 0.280 e. The molecular weight excluding hydrogens is 284 g/mol. The Morgan fingerprint density at radius 2 is 2.00 bits per heavy atom. The molecule has 2 heterocycles. The lowest BCUT2D eigenvalue weighted by molar-refractivity contribution is 0.102. The van der Waals surface area contributed by atoms with Gasteiger partial charge in [0.1, 0.15) is 5.75 Å². The first kappa shape index (κ1) is 13.8. The Hall–Kier alpha value is -3.16. The second-order valence-electron chi connectivity index (χ2n) is 4.59. The van der Waals surface area contributed by atoms with E-state index < -0.39 is 0 Å². The maximum atomic E-state index is 12.0. The second kappa shape index (κ2) is 5.68. The number of ether oxygens (including phenoxy) is 1. The molecule has 0 radical (unpaired) electrons. The van der Waals surface area contributed by atoms with Crippen LogP contribution in [0.1, 0.15) is 16.2 Å². The van der Waals surface area contributed by atoms with Crippen molar-refractivity contribution in [2.45, 2.75) is 6.92 Å². The molecule has 0 fully saturated rings. The molecule has 3 N–H and O–H groups in total. The van der Waals surface area contributed by atoms with Crippen molar-refractivity contribution in [3.8, 4) is 17.0 Å². The number of aromatic amines is 2. The molecule has 0 bridgehead atoms. The van der Waals surface area contributed by atoms with Crippen molar-refractivity contribution < 1.29 is 9.53 Å². The average Bonchev–Trinajstić information content (AvgIpc) is 3.16. The summed E-state index contributed by atoms with van der Waals surface area (Å²) in [4.78, 5) is 19.2. The topological polar surface area (TPSA) is 109 Å². The van der Waals surface area contributed by atoms with Gasteiger partial charge in [-0.3, -0.25) is 10.1 Å². The lowest BCUT2D eigenvalue weighted by Gasteiger charge is -2.01. The molecule has 1 aromatic carbocycles. The lowest BCUT2D eigenvalue weighted by atomic mass is 10.2. The molecule has 8 nitrogen and oxygen atoms in total. The minimum absolute atomic E-state index is 0.238. The van der Waals surface area contributed by atoms with Gasteiger partial charge in [-0.1, -0.05) is 0 Å². The van der Waals surface area contributed by atoms with Gasteiger partial charge < -0.3 is 9.72 Å². The van der Waals surface area contributed by atoms with Gasteiger partial charge >= 0.3 is 0 Å². The Balaban J connectivity index is 1.76. The number of amides is 1. The quantitative estimate of drug-likeness (QED) is 0.680. The third-order valence-corrected chi connectivity index (χ3v) is 3.15. The summed E-state index contributed by atoms with van der Waals surface area (Å²) in [5, 5.41) is 12.6. The number of nitrogens with zero attached hydrogens (tertiary/aromatic N) is 3. The van der Waals surface area contributed by atoms with E-state index in [1.165, 1.54) is 0 Å². The molecule has 22 heavy (non-hydrogen) atoms. The van der Waals surface area contributed by atoms with Crippen LogP contribution in [0.4, 0.5) is 5.95 Å². The Morgan fingerprint density at radius 1 is 1.23 bits per heavy atom. The average molecular weight is 298 g/mol. The summed E-state index contributed by atoms with van der Waals surface area (Å²) in [6.45, 7) is 1.70. The van der Waals surface area contributed by atoms with Crippen molar-refractivity contribution in [3.63, 3.8) is 0 Å². The van der Waals surface area contributed by atoms with Crippen LogP contribution in [0, 0.1) is 6.92 Å². The molecule has 2 aromatic heterocycles. The number of anilines is 1. The van der Waals surface area contributed by atoms with Crippen molar-refractivity contribution in [2.24, 2.45) is 0 Å². The van der Waals surface area contributed by atoms with Crippen LogP contribution in [0.25, 0.3) is 11.3 Å². The fourth-order valence-corrected chi connectivity index (χ4v) is 1.97. The number of rotatable bonds is 4. The summed E-state index contributed by atoms with van der Waals surface area (Å²) in [7, 11) is 1.62. The summed E-state index contributed by atoms with van der Waals surface area (Å²) in [5.74, 6) is 0.749. The lowest BCUT2D eigenvalue weighted by Crippen LogP contribution is -2.14. The van der Waals surface area contributed by atoms with Gasteiger partial charge in [0.15, 0.2) is 5.69 Å². The van der Waals surface area contributed by atoms with Gasteiger partial charge in [0.2, 0.25) is 5.95 Å². The third-order valence-electron chi connectivity index (χ3n) is 3.15. The molecule has 8 heteroatoms. The van der Waals surface area contributed by atoms with Gasteiger partial charge in [0.25, 0.3) is 5.91 Å². The van der Waals surface area contributed by atoms with Crippen molar-refractivity contribution >= 4 is 11.9 Å². The van der Waals surface area contributed by atoms with Crippen molar-refractivity contribution in [2.75, 3.05) is 12.4 Å². The van der Waals surface area contributed by atoms with E-state index in [0.717, 1.165) is 17.0 Å². The molecule has 3 aromatic rings. The van der Waals surface area contributed by atoms with Crippen LogP contribution in [-0.4, -0.2) is 38.4 Å². The molecule has 0 atom stereocenters. The number of aromatic nitrogens is 5. The molecule has 0 aliphatic carbocycles. The van der Waals surface area contributed by atoms with Gasteiger partial charge in [-0.15, -0.1) is 0 Å². The zero-order valence-corrected chi connectivity index (χ0v) is 12.0. The first-order valence-corrected chi connectivity index (χ1v) is 6.55. The highest BCUT2D eigenvalue weighted by Crippen LogP contribution is 2.21. The van der Waals surface area contributed by atoms with Crippen molar-refractivity contribution in [1.82, 2.24) is 25.4 Å². The molecule has 0 aliphatic heterocycles. The van der Waals surface area contributed by atoms with Gasteiger partial charge in [-0.2, -0.15) is 15.4 Å². The molecule has 0 saturated heterocycles. The molecule has 0 saturated carbocycles. The monoisotopic (exact) mass is 298 g/mol. The minimum atomic E-state index is -0.373. The number of nitrogens with one attached hydrogen (secondary N) is 3. The highest BCUT2D eigenvalue weighted by Gasteiger charge is 2.15. The third kappa shape index (κ3) is 2.66. The Morgan fingerprint density at radius 3 is 2.64 bits per heavy atom. The largest absolute Gasteiger partial charge is 0.497 e. The molecule has 3 rings (SSSR count). The number of imidazole rings is 1. The number of benzene rings is 1. The maximum absolute atomic E-state index is 12.0. The van der Waals surface area contributed by atoms with E-state index in [1.54, 1.807) is 20.2 Å². The zero-order valence-electron chi connectivity index (χ0n) is 12.0. The fraction of sp³-hybridized carbons (Fsp3) is 0.143. The van der Waals surface area contributed by atoms with E-state index >= 15 is 0 Å². The number of hydrogen-bond donors (Lipinski definition) is 3. The van der Waals surface area contributed by atoms with Crippen LogP contribution in [0.2, 0.25) is 0 Å². The van der Waals surface area contributed by atoms with E-state index in [4.69, 9.17) is 4.74 Å². The Labute approximate surface area is 125 Å². The summed E-state index contributed by atoms with van der Waals surface area (Å²) < 4.78 is 5.12. The van der Waals surface area contributed by atoms with Crippen LogP contribution in [-0.2, 0) is 0 Å². The summed E-state index contributed by atoms with van der Waals surface area (Å²) in [6.07, 6.45) is 1.65. The fourth-order valence-electron chi connectivity index (χ4n) is 1.97. The van der Waals surface area contributed by atoms with Gasteiger partial charge in [-0.25, -0.2) is 4.98 Å². The van der Waals surface area contributed by atoms with E-state index in [9.17, 15) is 4.79 Å². The summed E-state index contributed by atoms with van der Waals surface area (Å²) >= 11 is 0. The molecule has 0 spiro atoms. The van der Waals surface area contributed by atoms with Crippen molar-refractivity contribution in [3.05, 3.63) is 41.9 Å². The predicted octanol–water partition coefficient (Wildman–Crippen LogP) is 1.76. The number of carbonyl (C=O) groups excluding carboxylic acids is 1. The maximum Gasteiger partial charge on any atom is 0.280 e. The first-order valence-electron chi connectivity index (χ1n) is 6.55. The first-order chi connectivity index (χ1) is 10.7. The van der Waals surface area contributed by atoms with Gasteiger partial charge in [0, 0.05) is 0 Å². The summed E-state index contributed by atoms with van der Waals surface area (Å²) in [6, 6.07) is 7.51. The van der Waals surface area contributed by atoms with Crippen LogP contribution in [0.5, 0.6) is 5.75 Å². The number of hydrogen-bond acceptors (Lipinski definition) is 5. The highest BCUT2D eigenvalue weighted by molar-refractivity contribution is 6.02. The zero-order chi connectivity index (χ0) is 15.5. The number of H-pyrrole nitrogens is 2. The molecule has 112 valence electrons. The minimum Gasteiger partial charge on any atom is -0.497 e. The molecular formula is C14H14N6O2. The van der Waals surface area contributed by atoms with E-state index in [1.807, 2.05) is 24.3 Å². The van der Waals surface area contributed by atoms with Crippen molar-refractivity contribution in [1.29, 1.82) is 0 Å². The highest BCUT2D eigenvalue weighted by atomic mass is 16.5. The van der Waals surface area contributed by atoms with Crippen LogP contribution < -0.4 is 10.1 Å². The standard InChI is InChI=1S/C14H14N6O2/c1-8-12(19-20-18-8)13(21)17-14-15-7-11(16-14)9-3-5-10(22-2)6-4-9/h3-7H,1-2H3,(H,18,19,20)(H2,15,16,17,21). The van der Waals surface area contributed by atoms with Crippen LogP contribution in [0.3, 0.4) is 0 Å². The van der Waals surface area contributed by atoms with Gasteiger partial charge in [-0.05, 0) is 36.8 Å². The van der Waals surface area contributed by atoms with Crippen LogP contribution in [0.15, 0.2) is 30.5 Å². The van der Waals surface area contributed by atoms with Gasteiger partial charge in [0.05, 0.1) is 24.7 Å². The summed E-state index contributed by atoms with van der Waals surface area (Å²) in [5.41, 5.74) is 2.49. The van der Waals surface area contributed by atoms with E-state index in [0.29, 0.717) is 11.6 Å². The molecule has 0 aliphatic rings. The normalized spacial score (nSPS) is 10.5. The number of aryl methyl sites for hydroxylation is 1. The molecule has 0 unspecified atom stereocenters. The SMILES string of the molecule is COc1ccc(-c2cnc(NC(=O)c3n[nH]nc3C)[nH]2)cc1. The van der Waals surface area contributed by atoms with E-state index in [2.05, 4.69) is 30.7 Å². The number of methoxy groups -OCH3 is 1. The number of carbonyl (C=O) groups is 1. The van der Waals surface area contributed by atoms with E-state index in [-0.39, 0.29) is 11.6 Å².